The molecule has 2 aromatic carbocycles. The van der Waals surface area contributed by atoms with E-state index in [-0.39, 0.29) is 23.0 Å². The lowest BCUT2D eigenvalue weighted by Crippen LogP contribution is -2.38. The van der Waals surface area contributed by atoms with Crippen LogP contribution in [0.3, 0.4) is 0 Å². The predicted octanol–water partition coefficient (Wildman–Crippen LogP) is 5.43. The Morgan fingerprint density at radius 3 is 2.37 bits per heavy atom. The molecular weight excluding hydrogens is 530 g/mol. The average Bonchev–Trinajstić information content (AvgIpc) is 3.62. The number of hydrogen-bond donors (Lipinski definition) is 0. The number of amides is 1. The van der Waals surface area contributed by atoms with E-state index in [1.54, 1.807) is 77.9 Å². The minimum absolute atomic E-state index is 0.0490. The summed E-state index contributed by atoms with van der Waals surface area (Å²) in [5.74, 6) is 0.0530. The summed E-state index contributed by atoms with van der Waals surface area (Å²) in [5, 5.41) is 4.11. The fourth-order valence-corrected chi connectivity index (χ4v) is 4.26. The molecule has 3 aromatic rings. The minimum Gasteiger partial charge on any atom is -0.481 e. The molecule has 5 rings (SSSR count). The number of ether oxygens (including phenoxy) is 4. The van der Waals surface area contributed by atoms with Gasteiger partial charge in [-0.3, -0.25) is 14.5 Å². The van der Waals surface area contributed by atoms with E-state index in [9.17, 15) is 14.4 Å². The molecule has 1 saturated carbocycles. The van der Waals surface area contributed by atoms with Crippen molar-refractivity contribution in [3.8, 4) is 28.6 Å². The van der Waals surface area contributed by atoms with Crippen molar-refractivity contribution < 1.29 is 37.9 Å². The maximum Gasteiger partial charge on any atom is 0.344 e. The maximum absolute atomic E-state index is 14.1. The van der Waals surface area contributed by atoms with E-state index in [1.807, 2.05) is 0 Å². The van der Waals surface area contributed by atoms with Gasteiger partial charge in [-0.15, -0.1) is 0 Å². The normalized spacial score (nSPS) is 14.9. The molecule has 1 amide bonds. The molecule has 0 spiro atoms. The SMILES string of the molecule is CC(C)(C)OC(=O)COc1cccc2c1C(=O)N(CC(=O)OC(C)(C)C)c1cc(-c3noc(C4CC4)n3)ccc1O2. The lowest BCUT2D eigenvalue weighted by atomic mass is 10.1. The van der Waals surface area contributed by atoms with Crippen molar-refractivity contribution in [1.29, 1.82) is 0 Å². The average molecular weight is 564 g/mol. The van der Waals surface area contributed by atoms with Gasteiger partial charge in [-0.2, -0.15) is 4.98 Å². The van der Waals surface area contributed by atoms with Crippen LogP contribution in [0.5, 0.6) is 17.2 Å². The van der Waals surface area contributed by atoms with Crippen molar-refractivity contribution in [1.82, 2.24) is 10.1 Å². The summed E-state index contributed by atoms with van der Waals surface area (Å²) in [6.45, 7) is 9.65. The highest BCUT2D eigenvalue weighted by Gasteiger charge is 2.35. The van der Waals surface area contributed by atoms with Crippen molar-refractivity contribution >= 4 is 23.5 Å². The van der Waals surface area contributed by atoms with Gasteiger partial charge in [-0.1, -0.05) is 11.2 Å². The van der Waals surface area contributed by atoms with Crippen LogP contribution in [0, 0.1) is 0 Å². The third-order valence-electron chi connectivity index (χ3n) is 6.02. The highest BCUT2D eigenvalue weighted by atomic mass is 16.6. The second kappa shape index (κ2) is 10.5. The second-order valence-electron chi connectivity index (χ2n) is 12.0. The van der Waals surface area contributed by atoms with Crippen LogP contribution in [0.15, 0.2) is 40.9 Å². The summed E-state index contributed by atoms with van der Waals surface area (Å²) in [7, 11) is 0. The zero-order valence-electron chi connectivity index (χ0n) is 24.0. The number of esters is 2. The largest absolute Gasteiger partial charge is 0.481 e. The summed E-state index contributed by atoms with van der Waals surface area (Å²) in [6.07, 6.45) is 2.02. The number of carbonyl (C=O) groups excluding carboxylic acids is 3. The van der Waals surface area contributed by atoms with Gasteiger partial charge in [-0.05, 0) is 84.7 Å². The molecule has 2 aliphatic rings. The van der Waals surface area contributed by atoms with E-state index in [0.717, 1.165) is 12.8 Å². The molecule has 0 radical (unpaired) electrons. The van der Waals surface area contributed by atoms with E-state index in [0.29, 0.717) is 28.7 Å². The number of carbonyl (C=O) groups is 3. The number of aromatic nitrogens is 2. The maximum atomic E-state index is 14.1. The van der Waals surface area contributed by atoms with Crippen LogP contribution in [-0.4, -0.2) is 52.3 Å². The quantitative estimate of drug-likeness (QED) is 0.343. The molecule has 1 aromatic heterocycles. The zero-order valence-corrected chi connectivity index (χ0v) is 24.0. The Morgan fingerprint density at radius 1 is 0.976 bits per heavy atom. The fraction of sp³-hybridized carbons (Fsp3) is 0.433. The van der Waals surface area contributed by atoms with E-state index in [2.05, 4.69) is 10.1 Å². The Labute approximate surface area is 237 Å². The van der Waals surface area contributed by atoms with Crippen LogP contribution in [0.1, 0.15) is 76.6 Å². The lowest BCUT2D eigenvalue weighted by molar-refractivity contribution is -0.157. The van der Waals surface area contributed by atoms with Gasteiger partial charge in [-0.25, -0.2) is 4.79 Å². The Morgan fingerprint density at radius 2 is 1.68 bits per heavy atom. The second-order valence-corrected chi connectivity index (χ2v) is 12.0. The molecule has 11 heteroatoms. The number of hydrogen-bond acceptors (Lipinski definition) is 10. The van der Waals surface area contributed by atoms with Gasteiger partial charge in [0, 0.05) is 11.5 Å². The lowest BCUT2D eigenvalue weighted by Gasteiger charge is -2.25. The number of fused-ring (bicyclic) bond motifs is 2. The Balaban J connectivity index is 1.52. The van der Waals surface area contributed by atoms with Crippen LogP contribution in [0.4, 0.5) is 5.69 Å². The molecule has 1 fully saturated rings. The molecule has 1 aliphatic heterocycles. The first-order chi connectivity index (χ1) is 19.3. The van der Waals surface area contributed by atoms with Gasteiger partial charge in [0.15, 0.2) is 12.4 Å². The predicted molar refractivity (Wildman–Crippen MR) is 147 cm³/mol. The van der Waals surface area contributed by atoms with Crippen LogP contribution in [0.25, 0.3) is 11.4 Å². The summed E-state index contributed by atoms with van der Waals surface area (Å²) in [4.78, 5) is 45.2. The highest BCUT2D eigenvalue weighted by Crippen LogP contribution is 2.44. The van der Waals surface area contributed by atoms with Gasteiger partial charge in [0.25, 0.3) is 5.91 Å². The van der Waals surface area contributed by atoms with Crippen molar-refractivity contribution in [3.05, 3.63) is 47.9 Å². The molecule has 41 heavy (non-hydrogen) atoms. The molecule has 0 N–H and O–H groups in total. The number of anilines is 1. The molecular formula is C30H33N3O8. The van der Waals surface area contributed by atoms with Gasteiger partial charge < -0.3 is 23.5 Å². The van der Waals surface area contributed by atoms with Crippen molar-refractivity contribution in [2.75, 3.05) is 18.1 Å². The molecule has 216 valence electrons. The molecule has 0 unspecified atom stereocenters. The molecule has 2 heterocycles. The first kappa shape index (κ1) is 28.1. The minimum atomic E-state index is -0.767. The smallest absolute Gasteiger partial charge is 0.344 e. The summed E-state index contributed by atoms with van der Waals surface area (Å²) in [5.41, 5.74) is -0.527. The van der Waals surface area contributed by atoms with Crippen LogP contribution in [0.2, 0.25) is 0 Å². The highest BCUT2D eigenvalue weighted by molar-refractivity contribution is 6.13. The standard InChI is InChI=1S/C30H33N3O8/c1-29(2,3)39-23(34)15-33-19-14-18(26-31-27(41-32-26)17-10-11-17)12-13-20(19)38-22-9-7-8-21(25(22)28(33)36)37-16-24(35)40-30(4,5)6/h7-9,12-14,17H,10-11,15-16H2,1-6H3. The summed E-state index contributed by atoms with van der Waals surface area (Å²) >= 11 is 0. The van der Waals surface area contributed by atoms with Gasteiger partial charge >= 0.3 is 11.9 Å². The first-order valence-electron chi connectivity index (χ1n) is 13.4. The molecule has 0 atom stereocenters. The number of rotatable bonds is 7. The zero-order chi connectivity index (χ0) is 29.5. The molecule has 0 saturated heterocycles. The van der Waals surface area contributed by atoms with E-state index >= 15 is 0 Å². The Kier molecular flexibility index (Phi) is 7.23. The van der Waals surface area contributed by atoms with E-state index < -0.39 is 42.2 Å². The first-order valence-corrected chi connectivity index (χ1v) is 13.4. The number of nitrogens with zero attached hydrogens (tertiary/aromatic N) is 3. The van der Waals surface area contributed by atoms with Gasteiger partial charge in [0.05, 0.1) is 5.69 Å². The van der Waals surface area contributed by atoms with Crippen molar-refractivity contribution in [2.45, 2.75) is 71.5 Å². The topological polar surface area (TPSA) is 130 Å². The van der Waals surface area contributed by atoms with Gasteiger partial charge in [0.1, 0.15) is 34.8 Å². The monoisotopic (exact) mass is 563 g/mol. The Hall–Kier alpha value is -4.41. The van der Waals surface area contributed by atoms with Crippen LogP contribution >= 0.6 is 0 Å². The van der Waals surface area contributed by atoms with E-state index in [4.69, 9.17) is 23.5 Å². The van der Waals surface area contributed by atoms with E-state index in [1.165, 1.54) is 4.90 Å². The fourth-order valence-electron chi connectivity index (χ4n) is 4.26. The molecule has 1 aliphatic carbocycles. The van der Waals surface area contributed by atoms with Crippen LogP contribution in [-0.2, 0) is 19.1 Å². The third kappa shape index (κ3) is 6.67. The molecule has 11 nitrogen and oxygen atoms in total. The van der Waals surface area contributed by atoms with Crippen LogP contribution < -0.4 is 14.4 Å². The summed E-state index contributed by atoms with van der Waals surface area (Å²) < 4.78 is 28.2. The van der Waals surface area contributed by atoms with Crippen molar-refractivity contribution in [3.63, 3.8) is 0 Å². The van der Waals surface area contributed by atoms with Crippen molar-refractivity contribution in [2.24, 2.45) is 0 Å². The van der Waals surface area contributed by atoms with Gasteiger partial charge in [0.2, 0.25) is 11.7 Å². The molecule has 0 bridgehead atoms. The number of benzene rings is 2. The summed E-state index contributed by atoms with van der Waals surface area (Å²) in [6, 6.07) is 9.92. The Bertz CT molecular complexity index is 1490. The third-order valence-corrected chi connectivity index (χ3v) is 6.02.